The second kappa shape index (κ2) is 5.71. The lowest BCUT2D eigenvalue weighted by atomic mass is 9.68. The van der Waals surface area contributed by atoms with Gasteiger partial charge >= 0.3 is 0 Å². The van der Waals surface area contributed by atoms with Gasteiger partial charge in [0.2, 0.25) is 0 Å². The number of hydrogen-bond donors (Lipinski definition) is 0. The number of unbranched alkanes of at least 4 members (excludes halogenated alkanes) is 3. The van der Waals surface area contributed by atoms with Crippen LogP contribution in [0.1, 0.15) is 78.6 Å². The maximum Gasteiger partial charge on any atom is 0.0695 e. The van der Waals surface area contributed by atoms with Gasteiger partial charge in [-0.05, 0) is 31.1 Å². The summed E-state index contributed by atoms with van der Waals surface area (Å²) in [4.78, 5) is 0. The van der Waals surface area contributed by atoms with Crippen LogP contribution in [-0.2, 0) is 0 Å². The van der Waals surface area contributed by atoms with Gasteiger partial charge in [0.25, 0.3) is 0 Å². The third-order valence-electron chi connectivity index (χ3n) is 4.53. The van der Waals surface area contributed by atoms with E-state index in [4.69, 9.17) is 0 Å². The topological polar surface area (TPSA) is 23.8 Å². The molecular formula is C15H27N. The van der Waals surface area contributed by atoms with Gasteiger partial charge in [0.05, 0.1) is 11.5 Å². The molecule has 0 saturated heterocycles. The monoisotopic (exact) mass is 221 g/mol. The Hall–Kier alpha value is -0.510. The van der Waals surface area contributed by atoms with Gasteiger partial charge < -0.3 is 0 Å². The number of nitrogens with zero attached hydrogens (tertiary/aromatic N) is 1. The standard InChI is InChI=1S/C15H27N/c1-4-6-8-10-14(3,9-7-5-2)15(13-16)11-12-15/h4-12H2,1-3H3. The minimum atomic E-state index is 0.0515. The third-order valence-corrected chi connectivity index (χ3v) is 4.53. The predicted molar refractivity (Wildman–Crippen MR) is 69.1 cm³/mol. The highest BCUT2D eigenvalue weighted by molar-refractivity contribution is 5.17. The molecular weight excluding hydrogens is 194 g/mol. The quantitative estimate of drug-likeness (QED) is 0.525. The van der Waals surface area contributed by atoms with Gasteiger partial charge in [0.15, 0.2) is 0 Å². The Kier molecular flexibility index (Phi) is 4.84. The molecule has 1 nitrogen and oxygen atoms in total. The molecule has 0 aromatic heterocycles. The number of hydrogen-bond acceptors (Lipinski definition) is 1. The molecule has 0 heterocycles. The van der Waals surface area contributed by atoms with Gasteiger partial charge in [-0.25, -0.2) is 0 Å². The predicted octanol–water partition coefficient (Wildman–Crippen LogP) is 5.07. The molecule has 0 aromatic carbocycles. The Balaban J connectivity index is 2.58. The molecule has 0 bridgehead atoms. The molecule has 1 fully saturated rings. The van der Waals surface area contributed by atoms with E-state index in [2.05, 4.69) is 26.8 Å². The van der Waals surface area contributed by atoms with E-state index in [0.29, 0.717) is 5.41 Å². The first-order valence-corrected chi connectivity index (χ1v) is 7.05. The molecule has 1 aliphatic rings. The van der Waals surface area contributed by atoms with Crippen LogP contribution < -0.4 is 0 Å². The van der Waals surface area contributed by atoms with Crippen molar-refractivity contribution >= 4 is 0 Å². The molecule has 0 aromatic rings. The van der Waals surface area contributed by atoms with E-state index in [1.54, 1.807) is 0 Å². The van der Waals surface area contributed by atoms with E-state index in [0.717, 1.165) is 12.8 Å². The summed E-state index contributed by atoms with van der Waals surface area (Å²) in [6.07, 6.45) is 11.3. The molecule has 1 atom stereocenters. The molecule has 0 spiro atoms. The van der Waals surface area contributed by atoms with Crippen molar-refractivity contribution in [2.75, 3.05) is 0 Å². The molecule has 92 valence electrons. The van der Waals surface area contributed by atoms with Crippen LogP contribution in [0, 0.1) is 22.2 Å². The molecule has 1 heteroatoms. The summed E-state index contributed by atoms with van der Waals surface area (Å²) < 4.78 is 0. The zero-order valence-corrected chi connectivity index (χ0v) is 11.3. The lowest BCUT2D eigenvalue weighted by molar-refractivity contribution is 0.165. The Bertz CT molecular complexity index is 247. The van der Waals surface area contributed by atoms with E-state index in [9.17, 15) is 5.26 Å². The van der Waals surface area contributed by atoms with Crippen LogP contribution in [0.3, 0.4) is 0 Å². The fourth-order valence-electron chi connectivity index (χ4n) is 2.91. The highest BCUT2D eigenvalue weighted by Gasteiger charge is 2.56. The Labute approximate surface area is 101 Å². The summed E-state index contributed by atoms with van der Waals surface area (Å²) in [6.45, 7) is 6.87. The number of nitriles is 1. The Morgan fingerprint density at radius 3 is 2.06 bits per heavy atom. The SMILES string of the molecule is CCCCCC(C)(CCCC)C1(C#N)CC1. The van der Waals surface area contributed by atoms with E-state index in [1.165, 1.54) is 44.9 Å². The van der Waals surface area contributed by atoms with Crippen LogP contribution in [0.4, 0.5) is 0 Å². The fourth-order valence-corrected chi connectivity index (χ4v) is 2.91. The molecule has 1 aliphatic carbocycles. The van der Waals surface area contributed by atoms with Crippen LogP contribution in [0.2, 0.25) is 0 Å². The van der Waals surface area contributed by atoms with Crippen molar-refractivity contribution < 1.29 is 0 Å². The third kappa shape index (κ3) is 2.78. The molecule has 0 radical (unpaired) electrons. The van der Waals surface area contributed by atoms with Crippen molar-refractivity contribution in [2.45, 2.75) is 78.6 Å². The second-order valence-electron chi connectivity index (χ2n) is 5.82. The van der Waals surface area contributed by atoms with Crippen LogP contribution >= 0.6 is 0 Å². The lowest BCUT2D eigenvalue weighted by Crippen LogP contribution is -2.28. The van der Waals surface area contributed by atoms with Crippen LogP contribution in [-0.4, -0.2) is 0 Å². The van der Waals surface area contributed by atoms with E-state index >= 15 is 0 Å². The van der Waals surface area contributed by atoms with Crippen LogP contribution in [0.5, 0.6) is 0 Å². The van der Waals surface area contributed by atoms with Crippen molar-refractivity contribution in [3.05, 3.63) is 0 Å². The molecule has 0 amide bonds. The van der Waals surface area contributed by atoms with Crippen molar-refractivity contribution in [3.63, 3.8) is 0 Å². The molecule has 1 saturated carbocycles. The minimum absolute atomic E-state index is 0.0515. The van der Waals surface area contributed by atoms with Gasteiger partial charge in [-0.3, -0.25) is 0 Å². The summed E-state index contributed by atoms with van der Waals surface area (Å²) in [5, 5.41) is 9.40. The zero-order valence-electron chi connectivity index (χ0n) is 11.3. The molecule has 0 aliphatic heterocycles. The van der Waals surface area contributed by atoms with E-state index < -0.39 is 0 Å². The van der Waals surface area contributed by atoms with Crippen molar-refractivity contribution in [1.29, 1.82) is 5.26 Å². The summed E-state index contributed by atoms with van der Waals surface area (Å²) >= 11 is 0. The van der Waals surface area contributed by atoms with Crippen molar-refractivity contribution in [2.24, 2.45) is 10.8 Å². The second-order valence-corrected chi connectivity index (χ2v) is 5.82. The van der Waals surface area contributed by atoms with Crippen molar-refractivity contribution in [1.82, 2.24) is 0 Å². The average molecular weight is 221 g/mol. The van der Waals surface area contributed by atoms with E-state index in [-0.39, 0.29) is 5.41 Å². The first kappa shape index (κ1) is 13.6. The highest BCUT2D eigenvalue weighted by atomic mass is 14.6. The summed E-state index contributed by atoms with van der Waals surface area (Å²) in [7, 11) is 0. The first-order chi connectivity index (χ1) is 7.64. The molecule has 16 heavy (non-hydrogen) atoms. The van der Waals surface area contributed by atoms with Gasteiger partial charge in [0, 0.05) is 0 Å². The summed E-state index contributed by atoms with van der Waals surface area (Å²) in [5.41, 5.74) is 0.350. The largest absolute Gasteiger partial charge is 0.198 e. The maximum atomic E-state index is 9.40. The van der Waals surface area contributed by atoms with Crippen molar-refractivity contribution in [3.8, 4) is 6.07 Å². The Morgan fingerprint density at radius 1 is 1.06 bits per heavy atom. The van der Waals surface area contributed by atoms with Gasteiger partial charge in [0.1, 0.15) is 0 Å². The first-order valence-electron chi connectivity index (χ1n) is 7.05. The Morgan fingerprint density at radius 2 is 1.62 bits per heavy atom. The fraction of sp³-hybridized carbons (Fsp3) is 0.933. The van der Waals surface area contributed by atoms with Crippen LogP contribution in [0.15, 0.2) is 0 Å². The summed E-state index contributed by atoms with van der Waals surface area (Å²) in [5.74, 6) is 0. The van der Waals surface area contributed by atoms with Gasteiger partial charge in [-0.15, -0.1) is 0 Å². The van der Waals surface area contributed by atoms with Crippen LogP contribution in [0.25, 0.3) is 0 Å². The molecule has 1 unspecified atom stereocenters. The average Bonchev–Trinajstić information content (AvgIpc) is 3.08. The van der Waals surface area contributed by atoms with Gasteiger partial charge in [-0.1, -0.05) is 52.9 Å². The number of rotatable bonds is 8. The molecule has 1 rings (SSSR count). The zero-order chi connectivity index (χ0) is 12.1. The van der Waals surface area contributed by atoms with E-state index in [1.807, 2.05) is 0 Å². The smallest absolute Gasteiger partial charge is 0.0695 e. The maximum absolute atomic E-state index is 9.40. The minimum Gasteiger partial charge on any atom is -0.198 e. The summed E-state index contributed by atoms with van der Waals surface area (Å²) in [6, 6.07) is 2.63. The highest BCUT2D eigenvalue weighted by Crippen LogP contribution is 2.62. The molecule has 0 N–H and O–H groups in total. The van der Waals surface area contributed by atoms with Gasteiger partial charge in [-0.2, -0.15) is 5.26 Å². The normalized spacial score (nSPS) is 21.1. The lowest BCUT2D eigenvalue weighted by Gasteiger charge is -2.34.